The monoisotopic (exact) mass is 261 g/mol. The molecule has 0 atom stereocenters. The van der Waals surface area contributed by atoms with E-state index < -0.39 is 9.84 Å². The molecule has 94 valence electrons. The highest BCUT2D eigenvalue weighted by atomic mass is 32.2. The van der Waals surface area contributed by atoms with E-state index in [0.29, 0.717) is 4.90 Å². The van der Waals surface area contributed by atoms with Crippen LogP contribution in [0.15, 0.2) is 59.5 Å². The molecule has 0 aliphatic heterocycles. The SMILES string of the molecule is NCCS(=O)(=O)c1ccc(-c2ccccc2)cc1. The smallest absolute Gasteiger partial charge is 0.179 e. The Morgan fingerprint density at radius 2 is 1.39 bits per heavy atom. The molecule has 0 unspecified atom stereocenters. The van der Waals surface area contributed by atoms with Crippen molar-refractivity contribution in [2.75, 3.05) is 12.3 Å². The lowest BCUT2D eigenvalue weighted by atomic mass is 10.1. The average molecular weight is 261 g/mol. The molecule has 4 heteroatoms. The maximum atomic E-state index is 11.8. The summed E-state index contributed by atoms with van der Waals surface area (Å²) in [5, 5.41) is 0. The molecule has 0 saturated carbocycles. The number of benzene rings is 2. The molecule has 0 aromatic heterocycles. The first-order valence-corrected chi connectivity index (χ1v) is 7.37. The Bertz CT molecular complexity index is 604. The maximum absolute atomic E-state index is 11.8. The summed E-state index contributed by atoms with van der Waals surface area (Å²) in [7, 11) is -3.23. The van der Waals surface area contributed by atoms with Crippen molar-refractivity contribution in [1.29, 1.82) is 0 Å². The van der Waals surface area contributed by atoms with Crippen LogP contribution in [0, 0.1) is 0 Å². The molecule has 0 aliphatic carbocycles. The summed E-state index contributed by atoms with van der Waals surface area (Å²) < 4.78 is 23.6. The summed E-state index contributed by atoms with van der Waals surface area (Å²) in [5.41, 5.74) is 7.37. The molecule has 0 fully saturated rings. The molecular weight excluding hydrogens is 246 g/mol. The van der Waals surface area contributed by atoms with E-state index in [9.17, 15) is 8.42 Å². The van der Waals surface area contributed by atoms with Crippen molar-refractivity contribution in [2.24, 2.45) is 5.73 Å². The van der Waals surface area contributed by atoms with Crippen molar-refractivity contribution in [3.05, 3.63) is 54.6 Å². The normalized spacial score (nSPS) is 11.4. The summed E-state index contributed by atoms with van der Waals surface area (Å²) in [6.07, 6.45) is 0. The van der Waals surface area contributed by atoms with E-state index in [0.717, 1.165) is 11.1 Å². The predicted octanol–water partition coefficient (Wildman–Crippen LogP) is 2.09. The zero-order valence-electron chi connectivity index (χ0n) is 9.91. The molecule has 2 aromatic carbocycles. The van der Waals surface area contributed by atoms with Crippen molar-refractivity contribution in [1.82, 2.24) is 0 Å². The largest absolute Gasteiger partial charge is 0.329 e. The van der Waals surface area contributed by atoms with Crippen LogP contribution >= 0.6 is 0 Å². The van der Waals surface area contributed by atoms with Gasteiger partial charge in [-0.15, -0.1) is 0 Å². The summed E-state index contributed by atoms with van der Waals surface area (Å²) in [6.45, 7) is 0.142. The number of nitrogens with two attached hydrogens (primary N) is 1. The number of rotatable bonds is 4. The van der Waals surface area contributed by atoms with Gasteiger partial charge in [-0.1, -0.05) is 42.5 Å². The minimum atomic E-state index is -3.23. The molecule has 0 bridgehead atoms. The fourth-order valence-corrected chi connectivity index (χ4v) is 2.86. The highest BCUT2D eigenvalue weighted by Crippen LogP contribution is 2.21. The van der Waals surface area contributed by atoms with Crippen LogP contribution in [0.2, 0.25) is 0 Å². The second-order valence-corrected chi connectivity index (χ2v) is 6.11. The molecule has 0 heterocycles. The van der Waals surface area contributed by atoms with Crippen molar-refractivity contribution in [3.63, 3.8) is 0 Å². The number of hydrogen-bond acceptors (Lipinski definition) is 3. The van der Waals surface area contributed by atoms with E-state index in [4.69, 9.17) is 5.73 Å². The van der Waals surface area contributed by atoms with Gasteiger partial charge < -0.3 is 5.73 Å². The molecule has 18 heavy (non-hydrogen) atoms. The predicted molar refractivity (Wildman–Crippen MR) is 73.0 cm³/mol. The molecule has 2 aromatic rings. The van der Waals surface area contributed by atoms with Crippen molar-refractivity contribution in [2.45, 2.75) is 4.90 Å². The Morgan fingerprint density at radius 3 is 1.94 bits per heavy atom. The highest BCUT2D eigenvalue weighted by Gasteiger charge is 2.12. The first-order chi connectivity index (χ1) is 8.63. The minimum Gasteiger partial charge on any atom is -0.329 e. The van der Waals surface area contributed by atoms with Gasteiger partial charge in [0.2, 0.25) is 0 Å². The second-order valence-electron chi connectivity index (χ2n) is 4.00. The van der Waals surface area contributed by atoms with Crippen LogP contribution in [0.25, 0.3) is 11.1 Å². The third kappa shape index (κ3) is 2.78. The van der Waals surface area contributed by atoms with Crippen molar-refractivity contribution in [3.8, 4) is 11.1 Å². The summed E-state index contributed by atoms with van der Waals surface area (Å²) in [6, 6.07) is 16.7. The lowest BCUT2D eigenvalue weighted by molar-refractivity contribution is 0.596. The van der Waals surface area contributed by atoms with E-state index >= 15 is 0 Å². The van der Waals surface area contributed by atoms with Gasteiger partial charge in [-0.25, -0.2) is 8.42 Å². The van der Waals surface area contributed by atoms with Gasteiger partial charge >= 0.3 is 0 Å². The van der Waals surface area contributed by atoms with E-state index in [1.54, 1.807) is 12.1 Å². The quantitative estimate of drug-likeness (QED) is 0.916. The van der Waals surface area contributed by atoms with Gasteiger partial charge in [0.25, 0.3) is 0 Å². The van der Waals surface area contributed by atoms with Gasteiger partial charge in [0, 0.05) is 6.54 Å². The fraction of sp³-hybridized carbons (Fsp3) is 0.143. The van der Waals surface area contributed by atoms with Crippen LogP contribution in [0.3, 0.4) is 0 Å². The molecule has 0 amide bonds. The molecule has 0 spiro atoms. The molecule has 0 aliphatic rings. The molecular formula is C14H15NO2S. The maximum Gasteiger partial charge on any atom is 0.179 e. The van der Waals surface area contributed by atoms with Crippen molar-refractivity contribution >= 4 is 9.84 Å². The van der Waals surface area contributed by atoms with Gasteiger partial charge in [0.15, 0.2) is 9.84 Å². The molecule has 2 rings (SSSR count). The lowest BCUT2D eigenvalue weighted by Crippen LogP contribution is -2.15. The summed E-state index contributed by atoms with van der Waals surface area (Å²) in [4.78, 5) is 0.327. The molecule has 0 saturated heterocycles. The standard InChI is InChI=1S/C14H15NO2S/c15-10-11-18(16,17)14-8-6-13(7-9-14)12-4-2-1-3-5-12/h1-9H,10-11,15H2. The molecule has 2 N–H and O–H groups in total. The fourth-order valence-electron chi connectivity index (χ4n) is 1.76. The zero-order valence-corrected chi connectivity index (χ0v) is 10.7. The number of sulfone groups is 1. The molecule has 3 nitrogen and oxygen atoms in total. The van der Waals surface area contributed by atoms with Crippen LogP contribution in [0.1, 0.15) is 0 Å². The Labute approximate surface area is 107 Å². The van der Waals surface area contributed by atoms with Crippen LogP contribution in [-0.4, -0.2) is 20.7 Å². The van der Waals surface area contributed by atoms with E-state index in [1.165, 1.54) is 0 Å². The van der Waals surface area contributed by atoms with Crippen LogP contribution in [0.4, 0.5) is 0 Å². The van der Waals surface area contributed by atoms with Gasteiger partial charge in [-0.05, 0) is 23.3 Å². The average Bonchev–Trinajstić information content (AvgIpc) is 2.40. The second kappa shape index (κ2) is 5.33. The van der Waals surface area contributed by atoms with Gasteiger partial charge in [0.05, 0.1) is 10.6 Å². The Kier molecular flexibility index (Phi) is 3.79. The van der Waals surface area contributed by atoms with Crippen molar-refractivity contribution < 1.29 is 8.42 Å². The van der Waals surface area contributed by atoms with Gasteiger partial charge in [-0.2, -0.15) is 0 Å². The first-order valence-electron chi connectivity index (χ1n) is 5.72. The topological polar surface area (TPSA) is 60.2 Å². The Hall–Kier alpha value is -1.65. The third-order valence-electron chi connectivity index (χ3n) is 2.71. The Balaban J connectivity index is 2.32. The van der Waals surface area contributed by atoms with Crippen LogP contribution < -0.4 is 5.73 Å². The molecule has 0 radical (unpaired) electrons. The third-order valence-corrected chi connectivity index (χ3v) is 4.47. The van der Waals surface area contributed by atoms with Crippen LogP contribution in [0.5, 0.6) is 0 Å². The van der Waals surface area contributed by atoms with Gasteiger partial charge in [-0.3, -0.25) is 0 Å². The van der Waals surface area contributed by atoms with Gasteiger partial charge in [0.1, 0.15) is 0 Å². The lowest BCUT2D eigenvalue weighted by Gasteiger charge is -2.05. The summed E-state index contributed by atoms with van der Waals surface area (Å²) >= 11 is 0. The minimum absolute atomic E-state index is 0.0162. The van der Waals surface area contributed by atoms with E-state index in [2.05, 4.69) is 0 Å². The highest BCUT2D eigenvalue weighted by molar-refractivity contribution is 7.91. The van der Waals surface area contributed by atoms with E-state index in [1.807, 2.05) is 42.5 Å². The zero-order chi connectivity index (χ0) is 13.0. The summed E-state index contributed by atoms with van der Waals surface area (Å²) in [5.74, 6) is -0.0162. The Morgan fingerprint density at radius 1 is 0.833 bits per heavy atom. The van der Waals surface area contributed by atoms with Crippen LogP contribution in [-0.2, 0) is 9.84 Å². The first kappa shape index (κ1) is 12.8. The number of hydrogen-bond donors (Lipinski definition) is 1. The van der Waals surface area contributed by atoms with E-state index in [-0.39, 0.29) is 12.3 Å².